The number of benzene rings is 1. The Hall–Kier alpha value is -2.25. The molecule has 1 amide bonds. The van der Waals surface area contributed by atoms with Gasteiger partial charge >= 0.3 is 0 Å². The van der Waals surface area contributed by atoms with Crippen LogP contribution in [0.25, 0.3) is 11.4 Å². The Kier molecular flexibility index (Phi) is 4.68. The summed E-state index contributed by atoms with van der Waals surface area (Å²) in [6.07, 6.45) is 0. The fourth-order valence-corrected chi connectivity index (χ4v) is 2.79. The van der Waals surface area contributed by atoms with Crippen molar-refractivity contribution in [2.24, 2.45) is 5.73 Å². The van der Waals surface area contributed by atoms with E-state index in [0.717, 1.165) is 31.7 Å². The van der Waals surface area contributed by atoms with Crippen molar-refractivity contribution in [3.05, 3.63) is 36.2 Å². The van der Waals surface area contributed by atoms with E-state index in [9.17, 15) is 4.79 Å². The molecule has 1 aliphatic rings. The smallest absolute Gasteiger partial charge is 0.244 e. The van der Waals surface area contributed by atoms with Gasteiger partial charge in [-0.15, -0.1) is 0 Å². The highest BCUT2D eigenvalue weighted by molar-refractivity contribution is 5.75. The molecule has 122 valence electrons. The second-order valence-electron chi connectivity index (χ2n) is 5.78. The Morgan fingerprint density at radius 1 is 1.26 bits per heavy atom. The molecule has 0 spiro atoms. The molecule has 2 heterocycles. The van der Waals surface area contributed by atoms with E-state index in [-0.39, 0.29) is 11.9 Å². The zero-order valence-corrected chi connectivity index (χ0v) is 13.2. The molecule has 23 heavy (non-hydrogen) atoms. The highest BCUT2D eigenvalue weighted by Crippen LogP contribution is 2.23. The molecule has 1 saturated heterocycles. The molecule has 1 aromatic carbocycles. The van der Waals surface area contributed by atoms with E-state index >= 15 is 0 Å². The Morgan fingerprint density at radius 2 is 1.96 bits per heavy atom. The molecular weight excluding hydrogens is 294 g/mol. The SMILES string of the molecule is C[C@@H](c1nc(-c2ccccc2)no1)N1CCN(CC(N)=O)CC1. The molecule has 0 aliphatic carbocycles. The molecule has 0 bridgehead atoms. The van der Waals surface area contributed by atoms with Crippen LogP contribution in [0, 0.1) is 0 Å². The summed E-state index contributed by atoms with van der Waals surface area (Å²) in [5.41, 5.74) is 6.18. The number of nitrogens with zero attached hydrogens (tertiary/aromatic N) is 4. The van der Waals surface area contributed by atoms with Gasteiger partial charge in [0.05, 0.1) is 12.6 Å². The van der Waals surface area contributed by atoms with Crippen LogP contribution in [-0.4, -0.2) is 58.6 Å². The van der Waals surface area contributed by atoms with Crippen molar-refractivity contribution in [3.63, 3.8) is 0 Å². The number of carbonyl (C=O) groups excluding carboxylic acids is 1. The first-order valence-electron chi connectivity index (χ1n) is 7.77. The summed E-state index contributed by atoms with van der Waals surface area (Å²) in [4.78, 5) is 19.8. The number of rotatable bonds is 5. The first-order chi connectivity index (χ1) is 11.1. The van der Waals surface area contributed by atoms with Gasteiger partial charge in [-0.3, -0.25) is 14.6 Å². The number of primary amides is 1. The predicted octanol–water partition coefficient (Wildman–Crippen LogP) is 0.900. The van der Waals surface area contributed by atoms with Crippen molar-refractivity contribution in [3.8, 4) is 11.4 Å². The Labute approximate surface area is 135 Å². The van der Waals surface area contributed by atoms with Crippen LogP contribution < -0.4 is 5.73 Å². The number of nitrogens with two attached hydrogens (primary N) is 1. The minimum Gasteiger partial charge on any atom is -0.369 e. The van der Waals surface area contributed by atoms with Crippen LogP contribution >= 0.6 is 0 Å². The second kappa shape index (κ2) is 6.89. The van der Waals surface area contributed by atoms with Gasteiger partial charge in [-0.2, -0.15) is 4.98 Å². The van der Waals surface area contributed by atoms with Gasteiger partial charge in [-0.1, -0.05) is 35.5 Å². The molecule has 0 unspecified atom stereocenters. The van der Waals surface area contributed by atoms with Crippen molar-refractivity contribution >= 4 is 5.91 Å². The lowest BCUT2D eigenvalue weighted by atomic mass is 10.2. The highest BCUT2D eigenvalue weighted by atomic mass is 16.5. The van der Waals surface area contributed by atoms with Crippen molar-refractivity contribution in [2.75, 3.05) is 32.7 Å². The first kappa shape index (κ1) is 15.6. The topological polar surface area (TPSA) is 88.5 Å². The molecule has 3 rings (SSSR count). The monoisotopic (exact) mass is 315 g/mol. The first-order valence-corrected chi connectivity index (χ1v) is 7.77. The lowest BCUT2D eigenvalue weighted by Crippen LogP contribution is -2.49. The molecule has 1 aliphatic heterocycles. The zero-order chi connectivity index (χ0) is 16.2. The van der Waals surface area contributed by atoms with Crippen molar-refractivity contribution < 1.29 is 9.32 Å². The van der Waals surface area contributed by atoms with Gasteiger partial charge in [0.2, 0.25) is 17.6 Å². The molecule has 7 nitrogen and oxygen atoms in total. The minimum atomic E-state index is -0.282. The highest BCUT2D eigenvalue weighted by Gasteiger charge is 2.26. The minimum absolute atomic E-state index is 0.0516. The van der Waals surface area contributed by atoms with Crippen LogP contribution in [0.5, 0.6) is 0 Å². The van der Waals surface area contributed by atoms with Gasteiger partial charge in [0.25, 0.3) is 0 Å². The number of hydrogen-bond donors (Lipinski definition) is 1. The van der Waals surface area contributed by atoms with E-state index in [1.165, 1.54) is 0 Å². The van der Waals surface area contributed by atoms with Gasteiger partial charge in [-0.05, 0) is 6.92 Å². The van der Waals surface area contributed by atoms with Gasteiger partial charge in [0, 0.05) is 31.7 Å². The van der Waals surface area contributed by atoms with E-state index in [2.05, 4.69) is 26.9 Å². The number of hydrogen-bond acceptors (Lipinski definition) is 6. The van der Waals surface area contributed by atoms with Crippen LogP contribution in [0.15, 0.2) is 34.9 Å². The van der Waals surface area contributed by atoms with E-state index < -0.39 is 0 Å². The van der Waals surface area contributed by atoms with Gasteiger partial charge in [-0.25, -0.2) is 0 Å². The maximum absolute atomic E-state index is 11.0. The summed E-state index contributed by atoms with van der Waals surface area (Å²) in [5, 5.41) is 4.07. The van der Waals surface area contributed by atoms with Gasteiger partial charge < -0.3 is 10.3 Å². The summed E-state index contributed by atoms with van der Waals surface area (Å²) in [7, 11) is 0. The third-order valence-corrected chi connectivity index (χ3v) is 4.17. The van der Waals surface area contributed by atoms with Crippen molar-refractivity contribution in [1.29, 1.82) is 0 Å². The maximum Gasteiger partial charge on any atom is 0.244 e. The summed E-state index contributed by atoms with van der Waals surface area (Å²) >= 11 is 0. The van der Waals surface area contributed by atoms with E-state index in [0.29, 0.717) is 18.3 Å². The van der Waals surface area contributed by atoms with Crippen LogP contribution in [0.2, 0.25) is 0 Å². The molecule has 0 radical (unpaired) electrons. The van der Waals surface area contributed by atoms with Gasteiger partial charge in [0.1, 0.15) is 0 Å². The van der Waals surface area contributed by atoms with E-state index in [4.69, 9.17) is 10.3 Å². The third-order valence-electron chi connectivity index (χ3n) is 4.17. The second-order valence-corrected chi connectivity index (χ2v) is 5.78. The molecule has 2 aromatic rings. The number of carbonyl (C=O) groups is 1. The molecular formula is C16H21N5O2. The number of amides is 1. The summed E-state index contributed by atoms with van der Waals surface area (Å²) in [6.45, 7) is 5.70. The van der Waals surface area contributed by atoms with Gasteiger partial charge in [0.15, 0.2) is 0 Å². The van der Waals surface area contributed by atoms with E-state index in [1.54, 1.807) is 0 Å². The molecule has 2 N–H and O–H groups in total. The fourth-order valence-electron chi connectivity index (χ4n) is 2.79. The van der Waals surface area contributed by atoms with Crippen molar-refractivity contribution in [1.82, 2.24) is 19.9 Å². The number of piperazine rings is 1. The van der Waals surface area contributed by atoms with Crippen LogP contribution in [0.4, 0.5) is 0 Å². The van der Waals surface area contributed by atoms with Crippen molar-refractivity contribution in [2.45, 2.75) is 13.0 Å². The lowest BCUT2D eigenvalue weighted by molar-refractivity contribution is -0.119. The van der Waals surface area contributed by atoms with E-state index in [1.807, 2.05) is 30.3 Å². The predicted molar refractivity (Wildman–Crippen MR) is 85.4 cm³/mol. The average molecular weight is 315 g/mol. The normalized spacial score (nSPS) is 18.0. The quantitative estimate of drug-likeness (QED) is 0.882. The molecule has 1 aromatic heterocycles. The molecule has 7 heteroatoms. The Balaban J connectivity index is 1.62. The lowest BCUT2D eigenvalue weighted by Gasteiger charge is -2.36. The van der Waals surface area contributed by atoms with Crippen LogP contribution in [0.1, 0.15) is 18.9 Å². The third kappa shape index (κ3) is 3.75. The molecule has 1 atom stereocenters. The standard InChI is InChI=1S/C16H21N5O2/c1-12(21-9-7-20(8-10-21)11-14(17)22)16-18-15(19-23-16)13-5-3-2-4-6-13/h2-6,12H,7-11H2,1H3,(H2,17,22)/t12-/m0/s1. The largest absolute Gasteiger partial charge is 0.369 e. The average Bonchev–Trinajstić information content (AvgIpc) is 3.05. The molecule has 1 fully saturated rings. The Morgan fingerprint density at radius 3 is 2.61 bits per heavy atom. The summed E-state index contributed by atoms with van der Waals surface area (Å²) < 4.78 is 5.43. The number of aromatic nitrogens is 2. The Bertz CT molecular complexity index is 650. The fraction of sp³-hybridized carbons (Fsp3) is 0.438. The van der Waals surface area contributed by atoms with Crippen LogP contribution in [0.3, 0.4) is 0 Å². The zero-order valence-electron chi connectivity index (χ0n) is 13.2. The molecule has 0 saturated carbocycles. The summed E-state index contributed by atoms with van der Waals surface area (Å²) in [5.74, 6) is 0.947. The summed E-state index contributed by atoms with van der Waals surface area (Å²) in [6, 6.07) is 9.83. The maximum atomic E-state index is 11.0. The van der Waals surface area contributed by atoms with Crippen LogP contribution in [-0.2, 0) is 4.79 Å².